The normalized spacial score (nSPS) is 17.6. The SMILES string of the molecule is Cc1cccc(C(=O)NCC2CCN(S(C)(=O)=O)CC2)c1. The van der Waals surface area contributed by atoms with Crippen molar-refractivity contribution in [1.82, 2.24) is 9.62 Å². The van der Waals surface area contributed by atoms with Crippen molar-refractivity contribution >= 4 is 15.9 Å². The number of hydrogen-bond acceptors (Lipinski definition) is 3. The van der Waals surface area contributed by atoms with E-state index >= 15 is 0 Å². The number of carbonyl (C=O) groups is 1. The summed E-state index contributed by atoms with van der Waals surface area (Å²) >= 11 is 0. The number of aryl methyl sites for hydroxylation is 1. The van der Waals surface area contributed by atoms with E-state index < -0.39 is 10.0 Å². The summed E-state index contributed by atoms with van der Waals surface area (Å²) in [6.45, 7) is 3.65. The van der Waals surface area contributed by atoms with Crippen molar-refractivity contribution in [2.24, 2.45) is 5.92 Å². The zero-order valence-corrected chi connectivity index (χ0v) is 13.3. The first-order valence-corrected chi connectivity index (χ1v) is 9.01. The molecule has 1 aliphatic heterocycles. The van der Waals surface area contributed by atoms with E-state index in [-0.39, 0.29) is 5.91 Å². The van der Waals surface area contributed by atoms with Gasteiger partial charge in [0.1, 0.15) is 0 Å². The number of sulfonamides is 1. The van der Waals surface area contributed by atoms with E-state index in [1.54, 1.807) is 6.07 Å². The Hall–Kier alpha value is -1.40. The number of benzene rings is 1. The van der Waals surface area contributed by atoms with Crippen molar-refractivity contribution < 1.29 is 13.2 Å². The lowest BCUT2D eigenvalue weighted by molar-refractivity contribution is 0.0941. The summed E-state index contributed by atoms with van der Waals surface area (Å²) in [5.41, 5.74) is 1.73. The molecule has 1 N–H and O–H groups in total. The van der Waals surface area contributed by atoms with Gasteiger partial charge < -0.3 is 5.32 Å². The average molecular weight is 310 g/mol. The molecule has 0 spiro atoms. The Morgan fingerprint density at radius 3 is 2.57 bits per heavy atom. The molecule has 1 aromatic carbocycles. The Morgan fingerprint density at radius 1 is 1.33 bits per heavy atom. The Labute approximate surface area is 126 Å². The van der Waals surface area contributed by atoms with Crippen LogP contribution in [0.2, 0.25) is 0 Å². The van der Waals surface area contributed by atoms with Gasteiger partial charge in [0.15, 0.2) is 0 Å². The number of amides is 1. The topological polar surface area (TPSA) is 66.5 Å². The molecule has 1 heterocycles. The second-order valence-corrected chi connectivity index (χ2v) is 7.67. The van der Waals surface area contributed by atoms with Crippen LogP contribution >= 0.6 is 0 Å². The van der Waals surface area contributed by atoms with Crippen LogP contribution in [0.5, 0.6) is 0 Å². The molecule has 2 rings (SSSR count). The molecule has 1 amide bonds. The summed E-state index contributed by atoms with van der Waals surface area (Å²) in [5.74, 6) is 0.279. The molecule has 1 aliphatic rings. The minimum atomic E-state index is -3.08. The molecule has 0 aromatic heterocycles. The molecular formula is C15H22N2O3S. The second kappa shape index (κ2) is 6.58. The average Bonchev–Trinajstić information content (AvgIpc) is 2.44. The lowest BCUT2D eigenvalue weighted by Gasteiger charge is -2.30. The molecule has 0 aliphatic carbocycles. The summed E-state index contributed by atoms with van der Waals surface area (Å²) < 4.78 is 24.4. The first-order chi connectivity index (χ1) is 9.86. The van der Waals surface area contributed by atoms with Crippen LogP contribution in [0.1, 0.15) is 28.8 Å². The van der Waals surface area contributed by atoms with Gasteiger partial charge in [-0.15, -0.1) is 0 Å². The molecule has 1 fully saturated rings. The first-order valence-electron chi connectivity index (χ1n) is 7.16. The molecule has 5 nitrogen and oxygen atoms in total. The van der Waals surface area contributed by atoms with Crippen LogP contribution in [0, 0.1) is 12.8 Å². The molecule has 6 heteroatoms. The van der Waals surface area contributed by atoms with Crippen LogP contribution in [0.4, 0.5) is 0 Å². The summed E-state index contributed by atoms with van der Waals surface area (Å²) in [5, 5.41) is 2.94. The lowest BCUT2D eigenvalue weighted by Crippen LogP contribution is -2.41. The predicted octanol–water partition coefficient (Wildman–Crippen LogP) is 1.40. The van der Waals surface area contributed by atoms with Crippen molar-refractivity contribution in [2.75, 3.05) is 25.9 Å². The third-order valence-electron chi connectivity index (χ3n) is 3.87. The molecule has 1 saturated heterocycles. The minimum absolute atomic E-state index is 0.0655. The molecule has 0 atom stereocenters. The number of piperidine rings is 1. The van der Waals surface area contributed by atoms with Gasteiger partial charge in [-0.1, -0.05) is 17.7 Å². The van der Waals surface area contributed by atoms with Gasteiger partial charge >= 0.3 is 0 Å². The van der Waals surface area contributed by atoms with Crippen LogP contribution in [-0.4, -0.2) is 44.5 Å². The van der Waals surface area contributed by atoms with Crippen LogP contribution in [-0.2, 0) is 10.0 Å². The van der Waals surface area contributed by atoms with Crippen LogP contribution in [0.25, 0.3) is 0 Å². The Morgan fingerprint density at radius 2 is 2.00 bits per heavy atom. The highest BCUT2D eigenvalue weighted by atomic mass is 32.2. The minimum Gasteiger partial charge on any atom is -0.352 e. The van der Waals surface area contributed by atoms with Crippen LogP contribution in [0.3, 0.4) is 0 Å². The highest BCUT2D eigenvalue weighted by Gasteiger charge is 2.25. The maximum atomic E-state index is 12.0. The maximum Gasteiger partial charge on any atom is 0.251 e. The van der Waals surface area contributed by atoms with Crippen molar-refractivity contribution in [2.45, 2.75) is 19.8 Å². The van der Waals surface area contributed by atoms with E-state index in [0.29, 0.717) is 31.1 Å². The van der Waals surface area contributed by atoms with E-state index in [9.17, 15) is 13.2 Å². The highest BCUT2D eigenvalue weighted by molar-refractivity contribution is 7.88. The third kappa shape index (κ3) is 4.54. The number of carbonyl (C=O) groups excluding carboxylic acids is 1. The fourth-order valence-corrected chi connectivity index (χ4v) is 3.44. The molecular weight excluding hydrogens is 288 g/mol. The molecule has 1 aromatic rings. The summed E-state index contributed by atoms with van der Waals surface area (Å²) in [6, 6.07) is 7.49. The van der Waals surface area contributed by atoms with E-state index in [1.165, 1.54) is 10.6 Å². The quantitative estimate of drug-likeness (QED) is 0.914. The largest absolute Gasteiger partial charge is 0.352 e. The van der Waals surface area contributed by atoms with E-state index in [0.717, 1.165) is 18.4 Å². The van der Waals surface area contributed by atoms with Gasteiger partial charge in [0.25, 0.3) is 5.91 Å². The predicted molar refractivity (Wildman–Crippen MR) is 82.7 cm³/mol. The zero-order valence-electron chi connectivity index (χ0n) is 12.5. The first kappa shape index (κ1) is 16.0. The van der Waals surface area contributed by atoms with Gasteiger partial charge in [-0.3, -0.25) is 4.79 Å². The second-order valence-electron chi connectivity index (χ2n) is 5.68. The number of nitrogens with one attached hydrogen (secondary N) is 1. The van der Waals surface area contributed by atoms with E-state index in [4.69, 9.17) is 0 Å². The van der Waals surface area contributed by atoms with Gasteiger partial charge in [0.2, 0.25) is 10.0 Å². The third-order valence-corrected chi connectivity index (χ3v) is 5.18. The summed E-state index contributed by atoms with van der Waals surface area (Å²) in [7, 11) is -3.08. The Bertz CT molecular complexity index is 605. The van der Waals surface area contributed by atoms with Gasteiger partial charge in [-0.25, -0.2) is 12.7 Å². The number of rotatable bonds is 4. The standard InChI is InChI=1S/C15H22N2O3S/c1-12-4-3-5-14(10-12)15(18)16-11-13-6-8-17(9-7-13)21(2,19)20/h3-5,10,13H,6-9,11H2,1-2H3,(H,16,18). The summed E-state index contributed by atoms with van der Waals surface area (Å²) in [4.78, 5) is 12.0. The molecule has 0 unspecified atom stereocenters. The van der Waals surface area contributed by atoms with Crippen molar-refractivity contribution in [3.05, 3.63) is 35.4 Å². The van der Waals surface area contributed by atoms with Crippen LogP contribution in [0.15, 0.2) is 24.3 Å². The molecule has 0 bridgehead atoms. The van der Waals surface area contributed by atoms with E-state index in [1.807, 2.05) is 25.1 Å². The monoisotopic (exact) mass is 310 g/mol. The van der Waals surface area contributed by atoms with Gasteiger partial charge in [0, 0.05) is 25.2 Å². The lowest BCUT2D eigenvalue weighted by atomic mass is 9.98. The van der Waals surface area contributed by atoms with E-state index in [2.05, 4.69) is 5.32 Å². The van der Waals surface area contributed by atoms with Crippen LogP contribution < -0.4 is 5.32 Å². The molecule has 0 saturated carbocycles. The fraction of sp³-hybridized carbons (Fsp3) is 0.533. The van der Waals surface area contributed by atoms with Crippen molar-refractivity contribution in [3.63, 3.8) is 0 Å². The summed E-state index contributed by atoms with van der Waals surface area (Å²) in [6.07, 6.45) is 2.83. The van der Waals surface area contributed by atoms with Gasteiger partial charge in [0.05, 0.1) is 6.26 Å². The molecule has 116 valence electrons. The zero-order chi connectivity index (χ0) is 15.5. The van der Waals surface area contributed by atoms with Gasteiger partial charge in [-0.05, 0) is 37.8 Å². The smallest absolute Gasteiger partial charge is 0.251 e. The van der Waals surface area contributed by atoms with Gasteiger partial charge in [-0.2, -0.15) is 0 Å². The molecule has 0 radical (unpaired) electrons. The van der Waals surface area contributed by atoms with Crippen molar-refractivity contribution in [3.8, 4) is 0 Å². The Balaban J connectivity index is 1.81. The highest BCUT2D eigenvalue weighted by Crippen LogP contribution is 2.18. The van der Waals surface area contributed by atoms with Crippen molar-refractivity contribution in [1.29, 1.82) is 0 Å². The number of hydrogen-bond donors (Lipinski definition) is 1. The number of nitrogens with zero attached hydrogens (tertiary/aromatic N) is 1. The maximum absolute atomic E-state index is 12.0. The molecule has 21 heavy (non-hydrogen) atoms. The Kier molecular flexibility index (Phi) is 5.00. The fourth-order valence-electron chi connectivity index (χ4n) is 2.57.